The first kappa shape index (κ1) is 14.0. The second-order valence-electron chi connectivity index (χ2n) is 5.06. The van der Waals surface area contributed by atoms with Crippen LogP contribution in [0.15, 0.2) is 34.5 Å². The van der Waals surface area contributed by atoms with E-state index in [-0.39, 0.29) is 0 Å². The Hall–Kier alpha value is -1.46. The fourth-order valence-corrected chi connectivity index (χ4v) is 2.28. The van der Waals surface area contributed by atoms with Crippen molar-refractivity contribution in [1.82, 2.24) is 0 Å². The molecular weight excluding hydrogens is 248 g/mol. The molecule has 0 amide bonds. The smallest absolute Gasteiger partial charge is 0.270 e. The van der Waals surface area contributed by atoms with E-state index >= 15 is 0 Å². The third-order valence-electron chi connectivity index (χ3n) is 3.58. The lowest BCUT2D eigenvalue weighted by Gasteiger charge is -2.33. The van der Waals surface area contributed by atoms with Gasteiger partial charge < -0.3 is 24.4 Å². The molecule has 2 heterocycles. The molecule has 0 saturated heterocycles. The topological polar surface area (TPSA) is 68.2 Å². The van der Waals surface area contributed by atoms with Gasteiger partial charge in [0.15, 0.2) is 5.76 Å². The molecule has 0 spiro atoms. The summed E-state index contributed by atoms with van der Waals surface area (Å²) in [7, 11) is 1.54. The molecule has 0 fully saturated rings. The van der Waals surface area contributed by atoms with Gasteiger partial charge in [0.25, 0.3) is 6.29 Å². The largest absolute Gasteiger partial charge is 0.493 e. The molecule has 19 heavy (non-hydrogen) atoms. The maximum Gasteiger partial charge on any atom is 0.270 e. The average Bonchev–Trinajstić information content (AvgIpc) is 2.62. The van der Waals surface area contributed by atoms with Crippen LogP contribution in [0.2, 0.25) is 0 Å². The number of allylic oxidation sites excluding steroid dienone is 2. The molecule has 5 nitrogen and oxygen atoms in total. The van der Waals surface area contributed by atoms with Crippen molar-refractivity contribution in [3.8, 4) is 0 Å². The molecule has 0 aliphatic carbocycles. The molecule has 0 radical (unpaired) electrons. The Kier molecular flexibility index (Phi) is 3.36. The van der Waals surface area contributed by atoms with Gasteiger partial charge in [0.05, 0.1) is 24.5 Å². The van der Waals surface area contributed by atoms with E-state index in [0.29, 0.717) is 28.4 Å². The summed E-state index contributed by atoms with van der Waals surface area (Å²) < 4.78 is 16.5. The number of ether oxygens (including phenoxy) is 3. The van der Waals surface area contributed by atoms with Crippen LogP contribution in [0.25, 0.3) is 0 Å². The standard InChI is InChI=1S/C14H20O5/c1-7-6-10(14(4,16)9(3)15)11-12(17-5)8(2)19-13(11)18-7/h6,9,13,15-16H,1-5H3. The fraction of sp³-hybridized carbons (Fsp3) is 0.571. The minimum atomic E-state index is -1.41. The van der Waals surface area contributed by atoms with Gasteiger partial charge in [-0.05, 0) is 33.8 Å². The normalized spacial score (nSPS) is 27.1. The molecule has 3 atom stereocenters. The van der Waals surface area contributed by atoms with Crippen LogP contribution >= 0.6 is 0 Å². The molecule has 0 aromatic heterocycles. The Balaban J connectivity index is 2.62. The second kappa shape index (κ2) is 4.58. The van der Waals surface area contributed by atoms with Crippen molar-refractivity contribution >= 4 is 0 Å². The maximum atomic E-state index is 10.5. The van der Waals surface area contributed by atoms with Crippen LogP contribution in [0, 0.1) is 0 Å². The maximum absolute atomic E-state index is 10.5. The molecule has 106 valence electrons. The van der Waals surface area contributed by atoms with E-state index in [1.807, 2.05) is 0 Å². The van der Waals surface area contributed by atoms with Gasteiger partial charge in [-0.25, -0.2) is 0 Å². The van der Waals surface area contributed by atoms with Crippen molar-refractivity contribution in [2.75, 3.05) is 7.11 Å². The number of fused-ring (bicyclic) bond motifs is 1. The quantitative estimate of drug-likeness (QED) is 0.813. The lowest BCUT2D eigenvalue weighted by Crippen LogP contribution is -2.41. The van der Waals surface area contributed by atoms with E-state index in [9.17, 15) is 10.2 Å². The summed E-state index contributed by atoms with van der Waals surface area (Å²) in [6.07, 6.45) is 0.150. The summed E-state index contributed by atoms with van der Waals surface area (Å²) in [5.41, 5.74) is -0.211. The highest BCUT2D eigenvalue weighted by molar-refractivity contribution is 5.49. The first-order chi connectivity index (χ1) is 8.78. The molecule has 0 bridgehead atoms. The monoisotopic (exact) mass is 268 g/mol. The van der Waals surface area contributed by atoms with Crippen LogP contribution in [-0.2, 0) is 14.2 Å². The van der Waals surface area contributed by atoms with Gasteiger partial charge in [0, 0.05) is 5.57 Å². The Bertz CT molecular complexity index is 482. The molecule has 2 aliphatic rings. The van der Waals surface area contributed by atoms with Gasteiger partial charge >= 0.3 is 0 Å². The van der Waals surface area contributed by atoms with Gasteiger partial charge in [-0.1, -0.05) is 0 Å². The predicted molar refractivity (Wildman–Crippen MR) is 68.8 cm³/mol. The highest BCUT2D eigenvalue weighted by Crippen LogP contribution is 2.42. The molecule has 2 aliphatic heterocycles. The summed E-state index contributed by atoms with van der Waals surface area (Å²) in [5.74, 6) is 1.77. The molecule has 5 heteroatoms. The first-order valence-electron chi connectivity index (χ1n) is 6.21. The minimum absolute atomic E-state index is 0.546. The van der Waals surface area contributed by atoms with Crippen molar-refractivity contribution in [2.24, 2.45) is 0 Å². The summed E-state index contributed by atoms with van der Waals surface area (Å²) in [6.45, 7) is 6.66. The van der Waals surface area contributed by atoms with Crippen LogP contribution in [0.1, 0.15) is 27.7 Å². The molecule has 0 saturated carbocycles. The summed E-state index contributed by atoms with van der Waals surface area (Å²) in [4.78, 5) is 0. The number of aliphatic hydroxyl groups excluding tert-OH is 1. The zero-order valence-electron chi connectivity index (χ0n) is 11.9. The van der Waals surface area contributed by atoms with E-state index in [0.717, 1.165) is 0 Å². The summed E-state index contributed by atoms with van der Waals surface area (Å²) in [6, 6.07) is 0. The highest BCUT2D eigenvalue weighted by atomic mass is 16.7. The first-order valence-corrected chi connectivity index (χ1v) is 6.21. The van der Waals surface area contributed by atoms with E-state index in [4.69, 9.17) is 14.2 Å². The van der Waals surface area contributed by atoms with Crippen LogP contribution in [0.4, 0.5) is 0 Å². The minimum Gasteiger partial charge on any atom is -0.493 e. The molecule has 0 aromatic carbocycles. The Morgan fingerprint density at radius 1 is 1.37 bits per heavy atom. The van der Waals surface area contributed by atoms with Crippen molar-refractivity contribution in [3.63, 3.8) is 0 Å². The van der Waals surface area contributed by atoms with Crippen LogP contribution in [-0.4, -0.2) is 35.3 Å². The second-order valence-corrected chi connectivity index (χ2v) is 5.06. The van der Waals surface area contributed by atoms with Crippen LogP contribution in [0.5, 0.6) is 0 Å². The van der Waals surface area contributed by atoms with E-state index < -0.39 is 18.0 Å². The summed E-state index contributed by atoms with van der Waals surface area (Å²) in [5, 5.41) is 20.4. The molecule has 3 unspecified atom stereocenters. The third-order valence-corrected chi connectivity index (χ3v) is 3.58. The Labute approximate surface area is 112 Å². The van der Waals surface area contributed by atoms with Crippen LogP contribution < -0.4 is 0 Å². The number of hydrogen-bond donors (Lipinski definition) is 2. The highest BCUT2D eigenvalue weighted by Gasteiger charge is 2.43. The van der Waals surface area contributed by atoms with E-state index in [2.05, 4.69) is 0 Å². The number of rotatable bonds is 3. The number of aliphatic hydroxyl groups is 2. The van der Waals surface area contributed by atoms with Crippen molar-refractivity contribution in [1.29, 1.82) is 0 Å². The zero-order chi connectivity index (χ0) is 14.4. The Morgan fingerprint density at radius 3 is 2.53 bits per heavy atom. The van der Waals surface area contributed by atoms with E-state index in [1.165, 1.54) is 7.11 Å². The van der Waals surface area contributed by atoms with Gasteiger partial charge in [-0.2, -0.15) is 0 Å². The van der Waals surface area contributed by atoms with Gasteiger partial charge in [0.1, 0.15) is 11.4 Å². The van der Waals surface area contributed by atoms with Crippen molar-refractivity contribution < 1.29 is 24.4 Å². The molecule has 2 N–H and O–H groups in total. The SMILES string of the molecule is COC1=C(C)OC2OC(C)=CC(C(C)(O)C(C)O)=C12. The van der Waals surface area contributed by atoms with Gasteiger partial charge in [-0.3, -0.25) is 0 Å². The number of methoxy groups -OCH3 is 1. The number of hydrogen-bond acceptors (Lipinski definition) is 5. The predicted octanol–water partition coefficient (Wildman–Crippen LogP) is 1.58. The van der Waals surface area contributed by atoms with E-state index in [1.54, 1.807) is 33.8 Å². The lowest BCUT2D eigenvalue weighted by molar-refractivity contribution is -0.0577. The summed E-state index contributed by atoms with van der Waals surface area (Å²) >= 11 is 0. The van der Waals surface area contributed by atoms with Gasteiger partial charge in [0.2, 0.25) is 0 Å². The molecule has 0 aromatic rings. The van der Waals surface area contributed by atoms with Crippen molar-refractivity contribution in [3.05, 3.63) is 34.5 Å². The third kappa shape index (κ3) is 2.13. The van der Waals surface area contributed by atoms with Gasteiger partial charge in [-0.15, -0.1) is 0 Å². The molecular formula is C14H20O5. The lowest BCUT2D eigenvalue weighted by atomic mass is 9.85. The Morgan fingerprint density at radius 2 is 2.00 bits per heavy atom. The van der Waals surface area contributed by atoms with Crippen molar-refractivity contribution in [2.45, 2.75) is 45.7 Å². The molecule has 2 rings (SSSR count). The zero-order valence-corrected chi connectivity index (χ0v) is 11.9. The average molecular weight is 268 g/mol. The fourth-order valence-electron chi connectivity index (χ4n) is 2.28. The van der Waals surface area contributed by atoms with Crippen LogP contribution in [0.3, 0.4) is 0 Å².